The lowest BCUT2D eigenvalue weighted by Gasteiger charge is -2.35. The van der Waals surface area contributed by atoms with E-state index in [1.165, 1.54) is 0 Å². The molecule has 0 saturated carbocycles. The number of hydrogen-bond donors (Lipinski definition) is 2. The first kappa shape index (κ1) is 29.4. The van der Waals surface area contributed by atoms with Crippen molar-refractivity contribution >= 4 is 34.8 Å². The molecule has 3 N–H and O–H groups in total. The van der Waals surface area contributed by atoms with Crippen molar-refractivity contribution in [1.82, 2.24) is 34.6 Å². The number of benzene rings is 1. The number of piperazine rings is 1. The Morgan fingerprint density at radius 3 is 2.50 bits per heavy atom. The second-order valence-electron chi connectivity index (χ2n) is 12.3. The van der Waals surface area contributed by atoms with Gasteiger partial charge in [-0.25, -0.2) is 19.7 Å². The fraction of sp³-hybridized carbons (Fsp3) is 0.406. The van der Waals surface area contributed by atoms with Gasteiger partial charge in [0.15, 0.2) is 11.5 Å². The van der Waals surface area contributed by atoms with E-state index in [4.69, 9.17) is 20.4 Å². The highest BCUT2D eigenvalue weighted by atomic mass is 16.6. The van der Waals surface area contributed by atoms with E-state index in [1.54, 1.807) is 11.1 Å². The molecular formula is C32H39N9O3. The predicted octanol–water partition coefficient (Wildman–Crippen LogP) is 3.44. The van der Waals surface area contributed by atoms with E-state index < -0.39 is 5.60 Å². The molecule has 0 radical (unpaired) electrons. The molecule has 0 unspecified atom stereocenters. The normalized spacial score (nSPS) is 16.6. The minimum atomic E-state index is -0.500. The predicted molar refractivity (Wildman–Crippen MR) is 169 cm³/mol. The summed E-state index contributed by atoms with van der Waals surface area (Å²) in [4.78, 5) is 45.1. The third kappa shape index (κ3) is 6.45. The number of nitrogen functional groups attached to an aromatic ring is 1. The molecule has 0 atom stereocenters. The van der Waals surface area contributed by atoms with Gasteiger partial charge in [0.1, 0.15) is 22.8 Å². The smallest absolute Gasteiger partial charge is 0.410 e. The van der Waals surface area contributed by atoms with E-state index in [9.17, 15) is 9.59 Å². The molecule has 44 heavy (non-hydrogen) atoms. The number of ether oxygens (including phenoxy) is 1. The van der Waals surface area contributed by atoms with Crippen LogP contribution in [0, 0.1) is 0 Å². The average molecular weight is 598 g/mol. The van der Waals surface area contributed by atoms with Crippen molar-refractivity contribution in [2.75, 3.05) is 56.4 Å². The van der Waals surface area contributed by atoms with E-state index in [0.29, 0.717) is 42.5 Å². The van der Waals surface area contributed by atoms with Crippen molar-refractivity contribution in [3.63, 3.8) is 0 Å². The Morgan fingerprint density at radius 1 is 1.00 bits per heavy atom. The summed E-state index contributed by atoms with van der Waals surface area (Å²) in [6.45, 7) is 10.9. The highest BCUT2D eigenvalue weighted by molar-refractivity contribution is 5.85. The number of anilines is 2. The molecule has 2 fully saturated rings. The molecule has 2 saturated heterocycles. The van der Waals surface area contributed by atoms with Crippen LogP contribution in [-0.2, 0) is 16.1 Å². The fourth-order valence-electron chi connectivity index (χ4n) is 5.58. The Hall–Kier alpha value is -4.71. The van der Waals surface area contributed by atoms with Crippen molar-refractivity contribution in [2.45, 2.75) is 39.3 Å². The number of pyridine rings is 2. The molecule has 0 bridgehead atoms. The van der Waals surface area contributed by atoms with Gasteiger partial charge >= 0.3 is 6.09 Å². The van der Waals surface area contributed by atoms with Crippen LogP contribution in [0.5, 0.6) is 0 Å². The number of hydrogen-bond acceptors (Lipinski definition) is 9. The van der Waals surface area contributed by atoms with Crippen LogP contribution in [0.4, 0.5) is 16.4 Å². The summed E-state index contributed by atoms with van der Waals surface area (Å²) in [5, 5.41) is 2.93. The number of imidazole rings is 1. The first-order valence-corrected chi connectivity index (χ1v) is 15.1. The number of nitrogens with one attached hydrogen (secondary N) is 1. The zero-order chi connectivity index (χ0) is 30.8. The largest absolute Gasteiger partial charge is 0.444 e. The van der Waals surface area contributed by atoms with Gasteiger partial charge < -0.3 is 25.6 Å². The minimum absolute atomic E-state index is 0.0106. The number of nitrogens with zero attached hydrogens (tertiary/aromatic N) is 7. The van der Waals surface area contributed by atoms with Gasteiger partial charge in [0.2, 0.25) is 5.91 Å². The van der Waals surface area contributed by atoms with Crippen LogP contribution in [0.1, 0.15) is 32.8 Å². The molecule has 4 aromatic rings. The summed E-state index contributed by atoms with van der Waals surface area (Å²) < 4.78 is 7.54. The highest BCUT2D eigenvalue weighted by Gasteiger charge is 2.26. The lowest BCUT2D eigenvalue weighted by Crippen LogP contribution is -2.49. The van der Waals surface area contributed by atoms with Gasteiger partial charge in [-0.2, -0.15) is 0 Å². The van der Waals surface area contributed by atoms with Crippen LogP contribution in [-0.4, -0.2) is 92.7 Å². The molecule has 2 aliphatic heterocycles. The van der Waals surface area contributed by atoms with Crippen molar-refractivity contribution in [1.29, 1.82) is 0 Å². The number of rotatable bonds is 5. The van der Waals surface area contributed by atoms with Crippen molar-refractivity contribution < 1.29 is 14.3 Å². The number of nitrogens with two attached hydrogens (primary N) is 1. The van der Waals surface area contributed by atoms with Gasteiger partial charge in [-0.1, -0.05) is 12.1 Å². The molecule has 0 aliphatic carbocycles. The van der Waals surface area contributed by atoms with E-state index in [0.717, 1.165) is 55.2 Å². The van der Waals surface area contributed by atoms with Crippen LogP contribution in [0.3, 0.4) is 0 Å². The molecule has 0 spiro atoms. The molecule has 2 aliphatic rings. The molecule has 3 aromatic heterocycles. The second kappa shape index (κ2) is 12.1. The van der Waals surface area contributed by atoms with Crippen molar-refractivity contribution in [3.05, 3.63) is 60.3 Å². The summed E-state index contributed by atoms with van der Waals surface area (Å²) in [6, 6.07) is 16.0. The number of aromatic nitrogens is 4. The molecule has 1 aromatic carbocycles. The summed E-state index contributed by atoms with van der Waals surface area (Å²) in [6.07, 6.45) is 2.25. The van der Waals surface area contributed by atoms with Gasteiger partial charge in [0, 0.05) is 57.7 Å². The van der Waals surface area contributed by atoms with Crippen molar-refractivity contribution in [2.24, 2.45) is 0 Å². The number of amides is 2. The topological polar surface area (TPSA) is 135 Å². The zero-order valence-electron chi connectivity index (χ0n) is 25.5. The van der Waals surface area contributed by atoms with Gasteiger partial charge in [-0.3, -0.25) is 14.3 Å². The maximum absolute atomic E-state index is 12.5. The maximum atomic E-state index is 12.5. The first-order valence-electron chi connectivity index (χ1n) is 15.1. The lowest BCUT2D eigenvalue weighted by molar-refractivity contribution is -0.119. The highest BCUT2D eigenvalue weighted by Crippen LogP contribution is 2.31. The maximum Gasteiger partial charge on any atom is 0.410 e. The lowest BCUT2D eigenvalue weighted by atomic mass is 10.1. The van der Waals surface area contributed by atoms with Crippen LogP contribution in [0.15, 0.2) is 54.7 Å². The van der Waals surface area contributed by atoms with Gasteiger partial charge in [-0.15, -0.1) is 0 Å². The molecule has 230 valence electrons. The Morgan fingerprint density at radius 2 is 1.77 bits per heavy atom. The van der Waals surface area contributed by atoms with E-state index >= 15 is 0 Å². The second-order valence-corrected chi connectivity index (χ2v) is 12.3. The minimum Gasteiger partial charge on any atom is -0.444 e. The molecule has 12 heteroatoms. The molecule has 6 rings (SSSR count). The van der Waals surface area contributed by atoms with Crippen molar-refractivity contribution in [3.8, 4) is 17.1 Å². The zero-order valence-corrected chi connectivity index (χ0v) is 25.5. The van der Waals surface area contributed by atoms with Gasteiger partial charge in [0.25, 0.3) is 0 Å². The Balaban J connectivity index is 1.27. The Kier molecular flexibility index (Phi) is 8.09. The monoisotopic (exact) mass is 597 g/mol. The number of carbonyl (C=O) groups excluding carboxylic acids is 2. The molecule has 5 heterocycles. The SMILES string of the molecule is CC(C)(C)OC(=O)N1CCN(Cc2ccc(-n3c(-c4cccnc4N)nc4ccc(N5CCCNC(=O)C5)nc43)cc2)CC1. The molecular weight excluding hydrogens is 558 g/mol. The van der Waals surface area contributed by atoms with E-state index in [-0.39, 0.29) is 18.5 Å². The third-order valence-corrected chi connectivity index (χ3v) is 7.78. The molecule has 2 amide bonds. The van der Waals surface area contributed by atoms with Crippen LogP contribution in [0.25, 0.3) is 28.2 Å². The first-order chi connectivity index (χ1) is 21.1. The summed E-state index contributed by atoms with van der Waals surface area (Å²) >= 11 is 0. The van der Waals surface area contributed by atoms with Crippen LogP contribution in [0.2, 0.25) is 0 Å². The van der Waals surface area contributed by atoms with Gasteiger partial charge in [0.05, 0.1) is 12.1 Å². The number of fused-ring (bicyclic) bond motifs is 1. The van der Waals surface area contributed by atoms with Crippen LogP contribution >= 0.6 is 0 Å². The summed E-state index contributed by atoms with van der Waals surface area (Å²) in [5.74, 6) is 1.75. The van der Waals surface area contributed by atoms with Gasteiger partial charge in [-0.05, 0) is 69.2 Å². The molecule has 12 nitrogen and oxygen atoms in total. The fourth-order valence-corrected chi connectivity index (χ4v) is 5.58. The standard InChI is InChI=1S/C32H39N9O3/c1-32(2,3)44-31(43)39-18-16-38(17-19-39)20-22-7-9-23(10-8-22)41-29(24-6-4-13-35-28(24)33)36-25-11-12-26(37-30(25)41)40-15-5-14-34-27(42)21-40/h4,6-13H,5,14-21H2,1-3H3,(H2,33,35)(H,34,42). The number of carbonyl (C=O) groups is 2. The van der Waals surface area contributed by atoms with E-state index in [2.05, 4.69) is 39.5 Å². The van der Waals surface area contributed by atoms with Crippen LogP contribution < -0.4 is 16.0 Å². The Labute approximate surface area is 256 Å². The summed E-state index contributed by atoms with van der Waals surface area (Å²) in [5.41, 5.74) is 9.98. The average Bonchev–Trinajstić information content (AvgIpc) is 3.23. The third-order valence-electron chi connectivity index (χ3n) is 7.78. The van der Waals surface area contributed by atoms with E-state index in [1.807, 2.05) is 54.5 Å². The quantitative estimate of drug-likeness (QED) is 0.355. The summed E-state index contributed by atoms with van der Waals surface area (Å²) in [7, 11) is 0. The Bertz CT molecular complexity index is 1650.